The number of likely N-dealkylation sites (N-methyl/N-ethyl adjacent to an activating group) is 1. The van der Waals surface area contributed by atoms with Gasteiger partial charge in [-0.3, -0.25) is 4.79 Å². The number of amides is 1. The van der Waals surface area contributed by atoms with Gasteiger partial charge in [0.05, 0.1) is 5.92 Å². The first-order valence-corrected chi connectivity index (χ1v) is 6.04. The monoisotopic (exact) mass is 254 g/mol. The lowest BCUT2D eigenvalue weighted by molar-refractivity contribution is -0.119. The molecular formula is C13H19ClN2O. The van der Waals surface area contributed by atoms with E-state index in [1.54, 1.807) is 12.1 Å². The van der Waals surface area contributed by atoms with Gasteiger partial charge in [-0.15, -0.1) is 0 Å². The number of carbonyl (C=O) groups excluding carboxylic acids is 1. The quantitative estimate of drug-likeness (QED) is 0.876. The van der Waals surface area contributed by atoms with E-state index < -0.39 is 0 Å². The molecule has 0 unspecified atom stereocenters. The van der Waals surface area contributed by atoms with Crippen molar-refractivity contribution in [2.24, 2.45) is 5.73 Å². The van der Waals surface area contributed by atoms with E-state index >= 15 is 0 Å². The minimum Gasteiger partial charge on any atom is -0.369 e. The fourth-order valence-electron chi connectivity index (χ4n) is 1.55. The van der Waals surface area contributed by atoms with Gasteiger partial charge in [0, 0.05) is 17.6 Å². The van der Waals surface area contributed by atoms with E-state index in [1.807, 2.05) is 19.2 Å². The number of carbonyl (C=O) groups is 1. The first-order chi connectivity index (χ1) is 7.91. The van der Waals surface area contributed by atoms with E-state index in [1.165, 1.54) is 0 Å². The summed E-state index contributed by atoms with van der Waals surface area (Å²) in [6.07, 6.45) is 0. The van der Waals surface area contributed by atoms with Crippen LogP contribution in [0.2, 0.25) is 5.02 Å². The summed E-state index contributed by atoms with van der Waals surface area (Å²) in [6, 6.07) is 7.64. The molecule has 0 aliphatic heterocycles. The molecule has 1 rings (SSSR count). The van der Waals surface area contributed by atoms with Crippen molar-refractivity contribution in [2.45, 2.75) is 25.8 Å². The van der Waals surface area contributed by atoms with Gasteiger partial charge in [0.1, 0.15) is 0 Å². The van der Waals surface area contributed by atoms with Gasteiger partial charge in [0.15, 0.2) is 0 Å². The zero-order valence-electron chi connectivity index (χ0n) is 10.5. The maximum Gasteiger partial charge on any atom is 0.226 e. The fourth-order valence-corrected chi connectivity index (χ4v) is 1.68. The molecule has 0 aliphatic rings. The largest absolute Gasteiger partial charge is 0.369 e. The molecular weight excluding hydrogens is 236 g/mol. The Morgan fingerprint density at radius 3 is 2.29 bits per heavy atom. The Balaban J connectivity index is 2.86. The molecule has 0 fully saturated rings. The number of nitrogens with two attached hydrogens (primary N) is 1. The first kappa shape index (κ1) is 14.0. The molecule has 94 valence electrons. The zero-order chi connectivity index (χ0) is 13.0. The van der Waals surface area contributed by atoms with Crippen molar-refractivity contribution < 1.29 is 4.79 Å². The Labute approximate surface area is 108 Å². The number of nitrogens with zero attached hydrogens (tertiary/aromatic N) is 1. The molecule has 0 radical (unpaired) electrons. The summed E-state index contributed by atoms with van der Waals surface area (Å²) in [5.74, 6) is -0.598. The van der Waals surface area contributed by atoms with Crippen LogP contribution in [-0.4, -0.2) is 30.4 Å². The van der Waals surface area contributed by atoms with Gasteiger partial charge in [-0.25, -0.2) is 0 Å². The Kier molecular flexibility index (Phi) is 4.97. The lowest BCUT2D eigenvalue weighted by Gasteiger charge is -2.25. The van der Waals surface area contributed by atoms with Crippen LogP contribution in [0.3, 0.4) is 0 Å². The number of halogens is 1. The van der Waals surface area contributed by atoms with E-state index in [2.05, 4.69) is 18.7 Å². The number of hydrogen-bond acceptors (Lipinski definition) is 2. The van der Waals surface area contributed by atoms with Gasteiger partial charge in [-0.2, -0.15) is 0 Å². The molecule has 0 aliphatic carbocycles. The van der Waals surface area contributed by atoms with Crippen LogP contribution in [-0.2, 0) is 4.79 Å². The topological polar surface area (TPSA) is 46.3 Å². The molecule has 1 aromatic carbocycles. The molecule has 1 atom stereocenters. The molecule has 3 nitrogen and oxygen atoms in total. The minimum atomic E-state index is -0.306. The van der Waals surface area contributed by atoms with E-state index in [0.29, 0.717) is 17.6 Å². The van der Waals surface area contributed by atoms with Crippen molar-refractivity contribution in [2.75, 3.05) is 13.6 Å². The highest BCUT2D eigenvalue weighted by molar-refractivity contribution is 6.30. The van der Waals surface area contributed by atoms with Crippen molar-refractivity contribution in [1.82, 2.24) is 4.90 Å². The number of hydrogen-bond donors (Lipinski definition) is 1. The van der Waals surface area contributed by atoms with E-state index in [9.17, 15) is 4.79 Å². The number of primary amides is 1. The van der Waals surface area contributed by atoms with Gasteiger partial charge in [-0.05, 0) is 38.6 Å². The maximum atomic E-state index is 11.5. The van der Waals surface area contributed by atoms with Crippen molar-refractivity contribution >= 4 is 17.5 Å². The van der Waals surface area contributed by atoms with Crippen LogP contribution in [0.15, 0.2) is 24.3 Å². The van der Waals surface area contributed by atoms with Crippen LogP contribution in [0.5, 0.6) is 0 Å². The second-order valence-corrected chi connectivity index (χ2v) is 4.98. The maximum absolute atomic E-state index is 11.5. The third-order valence-electron chi connectivity index (χ3n) is 2.97. The average molecular weight is 255 g/mol. The molecule has 1 aromatic rings. The van der Waals surface area contributed by atoms with E-state index in [0.717, 1.165) is 5.56 Å². The third kappa shape index (κ3) is 4.02. The van der Waals surface area contributed by atoms with Crippen LogP contribution in [0.1, 0.15) is 25.3 Å². The summed E-state index contributed by atoms with van der Waals surface area (Å²) in [5.41, 5.74) is 6.37. The standard InChI is InChI=1S/C13H19ClN2O/c1-9(2)16(3)8-12(13(15)17)10-4-6-11(14)7-5-10/h4-7,9,12H,8H2,1-3H3,(H2,15,17)/t12-/m1/s1. The van der Waals surface area contributed by atoms with Crippen molar-refractivity contribution in [1.29, 1.82) is 0 Å². The highest BCUT2D eigenvalue weighted by atomic mass is 35.5. The molecule has 0 spiro atoms. The van der Waals surface area contributed by atoms with Crippen LogP contribution < -0.4 is 5.73 Å². The van der Waals surface area contributed by atoms with E-state index in [-0.39, 0.29) is 11.8 Å². The summed E-state index contributed by atoms with van der Waals surface area (Å²) in [7, 11) is 1.98. The highest BCUT2D eigenvalue weighted by Gasteiger charge is 2.20. The van der Waals surface area contributed by atoms with Crippen LogP contribution >= 0.6 is 11.6 Å². The molecule has 0 bridgehead atoms. The lowest BCUT2D eigenvalue weighted by Crippen LogP contribution is -2.36. The number of benzene rings is 1. The summed E-state index contributed by atoms with van der Waals surface area (Å²) >= 11 is 5.83. The molecule has 4 heteroatoms. The predicted molar refractivity (Wildman–Crippen MR) is 71.2 cm³/mol. The van der Waals surface area contributed by atoms with Crippen LogP contribution in [0.25, 0.3) is 0 Å². The fraction of sp³-hybridized carbons (Fsp3) is 0.462. The summed E-state index contributed by atoms with van der Waals surface area (Å²) < 4.78 is 0. The third-order valence-corrected chi connectivity index (χ3v) is 3.22. The molecule has 0 heterocycles. The predicted octanol–water partition coefficient (Wildman–Crippen LogP) is 2.25. The normalized spacial score (nSPS) is 13.1. The highest BCUT2D eigenvalue weighted by Crippen LogP contribution is 2.19. The molecule has 0 saturated carbocycles. The van der Waals surface area contributed by atoms with E-state index in [4.69, 9.17) is 17.3 Å². The Morgan fingerprint density at radius 1 is 1.35 bits per heavy atom. The summed E-state index contributed by atoms with van der Waals surface area (Å²) in [6.45, 7) is 4.79. The number of rotatable bonds is 5. The first-order valence-electron chi connectivity index (χ1n) is 5.67. The molecule has 0 aromatic heterocycles. The second-order valence-electron chi connectivity index (χ2n) is 4.54. The lowest BCUT2D eigenvalue weighted by atomic mass is 9.97. The van der Waals surface area contributed by atoms with Gasteiger partial charge < -0.3 is 10.6 Å². The molecule has 1 amide bonds. The average Bonchev–Trinajstić information content (AvgIpc) is 2.26. The minimum absolute atomic E-state index is 0.292. The Bertz CT molecular complexity index is 376. The van der Waals surface area contributed by atoms with Gasteiger partial charge in [-0.1, -0.05) is 23.7 Å². The summed E-state index contributed by atoms with van der Waals surface area (Å²) in [5, 5.41) is 0.661. The van der Waals surface area contributed by atoms with Gasteiger partial charge in [0.25, 0.3) is 0 Å². The Morgan fingerprint density at radius 2 is 1.88 bits per heavy atom. The van der Waals surface area contributed by atoms with Gasteiger partial charge >= 0.3 is 0 Å². The van der Waals surface area contributed by atoms with Crippen molar-refractivity contribution in [3.8, 4) is 0 Å². The van der Waals surface area contributed by atoms with Gasteiger partial charge in [0.2, 0.25) is 5.91 Å². The van der Waals surface area contributed by atoms with Crippen molar-refractivity contribution in [3.05, 3.63) is 34.9 Å². The van der Waals surface area contributed by atoms with Crippen molar-refractivity contribution in [3.63, 3.8) is 0 Å². The molecule has 0 saturated heterocycles. The SMILES string of the molecule is CC(C)N(C)C[C@@H](C(N)=O)c1ccc(Cl)cc1. The molecule has 2 N–H and O–H groups in total. The van der Waals surface area contributed by atoms with Crippen LogP contribution in [0.4, 0.5) is 0 Å². The molecule has 17 heavy (non-hydrogen) atoms. The Hall–Kier alpha value is -1.06. The summed E-state index contributed by atoms with van der Waals surface area (Å²) in [4.78, 5) is 13.6. The second kappa shape index (κ2) is 6.03. The smallest absolute Gasteiger partial charge is 0.226 e. The zero-order valence-corrected chi connectivity index (χ0v) is 11.2. The van der Waals surface area contributed by atoms with Crippen LogP contribution in [0, 0.1) is 0 Å².